The average Bonchev–Trinajstić information content (AvgIpc) is 3.39. The largest absolute Gasteiger partial charge is 0.0576 e. The first kappa shape index (κ1) is 12.8. The first-order chi connectivity index (χ1) is 9.88. The van der Waals surface area contributed by atoms with Gasteiger partial charge in [0.2, 0.25) is 0 Å². The summed E-state index contributed by atoms with van der Waals surface area (Å²) in [6.07, 6.45) is 5.53. The molecule has 102 valence electrons. The molecule has 0 radical (unpaired) electrons. The van der Waals surface area contributed by atoms with Gasteiger partial charge in [0.15, 0.2) is 0 Å². The van der Waals surface area contributed by atoms with Gasteiger partial charge in [0.1, 0.15) is 0 Å². The Morgan fingerprint density at radius 3 is 1.20 bits per heavy atom. The number of benzene rings is 2. The van der Waals surface area contributed by atoms with Crippen LogP contribution in [0.2, 0.25) is 0 Å². The van der Waals surface area contributed by atoms with Crippen LogP contribution >= 0.6 is 21.6 Å². The fourth-order valence-electron chi connectivity index (χ4n) is 2.52. The third kappa shape index (κ3) is 3.07. The second-order valence-corrected chi connectivity index (χ2v) is 8.13. The zero-order chi connectivity index (χ0) is 13.4. The number of hydrogen-bond donors (Lipinski definition) is 0. The molecular weight excluding hydrogens is 280 g/mol. The second-order valence-electron chi connectivity index (χ2n) is 5.85. The van der Waals surface area contributed by atoms with Crippen molar-refractivity contribution in [3.8, 4) is 0 Å². The van der Waals surface area contributed by atoms with E-state index in [4.69, 9.17) is 0 Å². The molecule has 0 aromatic heterocycles. The van der Waals surface area contributed by atoms with Gasteiger partial charge < -0.3 is 0 Å². The van der Waals surface area contributed by atoms with Crippen LogP contribution in [-0.4, -0.2) is 0 Å². The van der Waals surface area contributed by atoms with Gasteiger partial charge in [-0.2, -0.15) is 0 Å². The summed E-state index contributed by atoms with van der Waals surface area (Å²) in [6.45, 7) is 0. The third-order valence-corrected chi connectivity index (χ3v) is 6.51. The summed E-state index contributed by atoms with van der Waals surface area (Å²) in [5, 5.41) is 0. The van der Waals surface area contributed by atoms with Gasteiger partial charge in [-0.15, -0.1) is 0 Å². The van der Waals surface area contributed by atoms with Crippen LogP contribution in [0.15, 0.2) is 58.3 Å². The van der Waals surface area contributed by atoms with E-state index in [1.54, 1.807) is 0 Å². The Morgan fingerprint density at radius 1 is 0.550 bits per heavy atom. The zero-order valence-corrected chi connectivity index (χ0v) is 13.1. The van der Waals surface area contributed by atoms with Gasteiger partial charge in [-0.25, -0.2) is 0 Å². The van der Waals surface area contributed by atoms with Crippen molar-refractivity contribution in [3.63, 3.8) is 0 Å². The van der Waals surface area contributed by atoms with E-state index in [2.05, 4.69) is 48.5 Å². The minimum Gasteiger partial charge on any atom is -0.0576 e. The van der Waals surface area contributed by atoms with Crippen molar-refractivity contribution in [1.29, 1.82) is 0 Å². The van der Waals surface area contributed by atoms with Gasteiger partial charge in [-0.1, -0.05) is 45.9 Å². The Kier molecular flexibility index (Phi) is 3.53. The fraction of sp³-hybridized carbons (Fsp3) is 0.333. The van der Waals surface area contributed by atoms with Crippen LogP contribution in [0.5, 0.6) is 0 Å². The van der Waals surface area contributed by atoms with Crippen molar-refractivity contribution in [2.75, 3.05) is 0 Å². The number of rotatable bonds is 5. The average molecular weight is 298 g/mol. The van der Waals surface area contributed by atoms with Crippen molar-refractivity contribution in [2.45, 2.75) is 47.3 Å². The smallest absolute Gasteiger partial charge is 0.0186 e. The van der Waals surface area contributed by atoms with Gasteiger partial charge >= 0.3 is 0 Å². The summed E-state index contributed by atoms with van der Waals surface area (Å²) in [5.41, 5.74) is 3.04. The zero-order valence-electron chi connectivity index (χ0n) is 11.4. The highest BCUT2D eigenvalue weighted by atomic mass is 33.1. The molecule has 0 atom stereocenters. The maximum atomic E-state index is 2.30. The van der Waals surface area contributed by atoms with Crippen molar-refractivity contribution >= 4 is 21.6 Å². The maximum absolute atomic E-state index is 2.30. The Hall–Kier alpha value is -0.860. The molecule has 2 aromatic carbocycles. The van der Waals surface area contributed by atoms with Crippen molar-refractivity contribution in [3.05, 3.63) is 59.7 Å². The number of hydrogen-bond acceptors (Lipinski definition) is 2. The molecule has 4 rings (SSSR count). The SMILES string of the molecule is c1cc(C2CC2)ccc1SSc1ccc(C2CC2)cc1. The van der Waals surface area contributed by atoms with E-state index in [1.807, 2.05) is 21.6 Å². The van der Waals surface area contributed by atoms with Gasteiger partial charge in [-0.3, -0.25) is 0 Å². The summed E-state index contributed by atoms with van der Waals surface area (Å²) in [4.78, 5) is 2.70. The normalized spacial score (nSPS) is 18.2. The highest BCUT2D eigenvalue weighted by Crippen LogP contribution is 2.43. The van der Waals surface area contributed by atoms with Crippen LogP contribution in [0.4, 0.5) is 0 Å². The molecule has 0 aliphatic heterocycles. The van der Waals surface area contributed by atoms with Gasteiger partial charge in [0.25, 0.3) is 0 Å². The molecule has 2 heteroatoms. The Labute approximate surface area is 128 Å². The van der Waals surface area contributed by atoms with E-state index in [9.17, 15) is 0 Å². The predicted octanol–water partition coefficient (Wildman–Crippen LogP) is 6.24. The Balaban J connectivity index is 1.36. The molecule has 2 aliphatic rings. The fourth-order valence-corrected chi connectivity index (χ4v) is 4.45. The summed E-state index contributed by atoms with van der Waals surface area (Å²) in [5.74, 6) is 1.72. The van der Waals surface area contributed by atoms with Gasteiger partial charge in [-0.05, 0) is 72.9 Å². The molecule has 2 aliphatic carbocycles. The molecule has 2 aromatic rings. The maximum Gasteiger partial charge on any atom is 0.0186 e. The van der Waals surface area contributed by atoms with Crippen LogP contribution in [0.25, 0.3) is 0 Å². The molecule has 0 heterocycles. The van der Waals surface area contributed by atoms with Crippen molar-refractivity contribution in [2.24, 2.45) is 0 Å². The molecule has 0 amide bonds. The summed E-state index contributed by atoms with van der Waals surface area (Å²) in [6, 6.07) is 18.3. The minimum absolute atomic E-state index is 0.858. The van der Waals surface area contributed by atoms with Crippen molar-refractivity contribution in [1.82, 2.24) is 0 Å². The van der Waals surface area contributed by atoms with Crippen LogP contribution in [-0.2, 0) is 0 Å². The molecule has 0 unspecified atom stereocenters. The lowest BCUT2D eigenvalue weighted by Gasteiger charge is -2.04. The molecule has 0 N–H and O–H groups in total. The lowest BCUT2D eigenvalue weighted by Crippen LogP contribution is -1.79. The summed E-state index contributed by atoms with van der Waals surface area (Å²) < 4.78 is 0. The molecule has 0 bridgehead atoms. The molecule has 0 nitrogen and oxygen atoms in total. The molecule has 2 fully saturated rings. The highest BCUT2D eigenvalue weighted by Gasteiger charge is 2.23. The van der Waals surface area contributed by atoms with Gasteiger partial charge in [0, 0.05) is 9.79 Å². The Morgan fingerprint density at radius 2 is 0.900 bits per heavy atom. The van der Waals surface area contributed by atoms with Crippen LogP contribution < -0.4 is 0 Å². The van der Waals surface area contributed by atoms with Crippen LogP contribution in [0, 0.1) is 0 Å². The van der Waals surface area contributed by atoms with Gasteiger partial charge in [0.05, 0.1) is 0 Å². The van der Waals surface area contributed by atoms with E-state index in [1.165, 1.54) is 46.6 Å². The van der Waals surface area contributed by atoms with E-state index in [-0.39, 0.29) is 0 Å². The molecule has 20 heavy (non-hydrogen) atoms. The molecule has 2 saturated carbocycles. The van der Waals surface area contributed by atoms with Crippen LogP contribution in [0.1, 0.15) is 48.6 Å². The van der Waals surface area contributed by atoms with E-state index >= 15 is 0 Å². The lowest BCUT2D eigenvalue weighted by atomic mass is 10.1. The molecule has 0 spiro atoms. The van der Waals surface area contributed by atoms with Crippen LogP contribution in [0.3, 0.4) is 0 Å². The first-order valence-corrected chi connectivity index (χ1v) is 9.58. The van der Waals surface area contributed by atoms with Crippen molar-refractivity contribution < 1.29 is 0 Å². The topological polar surface area (TPSA) is 0 Å². The minimum atomic E-state index is 0.858. The monoisotopic (exact) mass is 298 g/mol. The summed E-state index contributed by atoms with van der Waals surface area (Å²) >= 11 is 0. The molecule has 0 saturated heterocycles. The molecular formula is C18H18S2. The third-order valence-electron chi connectivity index (χ3n) is 4.09. The summed E-state index contributed by atoms with van der Waals surface area (Å²) in [7, 11) is 3.72. The standard InChI is InChI=1S/C18H18S2/c1-2-13(1)15-5-9-17(10-6-15)19-20-18-11-7-16(8-12-18)14-3-4-14/h5-14H,1-4H2. The predicted molar refractivity (Wildman–Crippen MR) is 88.5 cm³/mol. The first-order valence-electron chi connectivity index (χ1n) is 7.43. The van der Waals surface area contributed by atoms with E-state index in [0.717, 1.165) is 11.8 Å². The second kappa shape index (κ2) is 5.50. The van der Waals surface area contributed by atoms with E-state index < -0.39 is 0 Å². The highest BCUT2D eigenvalue weighted by molar-refractivity contribution is 8.76. The Bertz CT molecular complexity index is 522. The quantitative estimate of drug-likeness (QED) is 0.599. The van der Waals surface area contributed by atoms with E-state index in [0.29, 0.717) is 0 Å². The lowest BCUT2D eigenvalue weighted by molar-refractivity contribution is 1.12.